The Bertz CT molecular complexity index is 1230. The van der Waals surface area contributed by atoms with Crippen LogP contribution in [0.4, 0.5) is 0 Å². The summed E-state index contributed by atoms with van der Waals surface area (Å²) in [5.41, 5.74) is 9.02. The summed E-state index contributed by atoms with van der Waals surface area (Å²) in [7, 11) is 0. The first kappa shape index (κ1) is 17.3. The summed E-state index contributed by atoms with van der Waals surface area (Å²) in [4.78, 5) is 12.4. The number of aromatic nitrogens is 3. The minimum absolute atomic E-state index is 1.01. The number of fused-ring (bicyclic) bond motifs is 5. The molecule has 0 amide bonds. The second-order valence-corrected chi connectivity index (χ2v) is 6.97. The highest BCUT2D eigenvalue weighted by Gasteiger charge is 2.20. The molecule has 0 saturated heterocycles. The van der Waals surface area contributed by atoms with Crippen LogP contribution in [0.5, 0.6) is 0 Å². The molecule has 0 radical (unpaired) electrons. The van der Waals surface area contributed by atoms with Gasteiger partial charge < -0.3 is 0 Å². The zero-order chi connectivity index (χ0) is 19.5. The number of benzene rings is 2. The Kier molecular flexibility index (Phi) is 4.55. The molecule has 1 aliphatic rings. The number of hydrogen-bond acceptors (Lipinski definition) is 3. The van der Waals surface area contributed by atoms with Crippen LogP contribution in [0.3, 0.4) is 0 Å². The Labute approximate surface area is 169 Å². The van der Waals surface area contributed by atoms with Crippen LogP contribution in [0.25, 0.3) is 33.2 Å². The molecule has 3 nitrogen and oxygen atoms in total. The largest absolute Gasteiger partial charge is 0.265 e. The average Bonchev–Trinajstić information content (AvgIpc) is 3.20. The third-order valence-corrected chi connectivity index (χ3v) is 5.25. The van der Waals surface area contributed by atoms with E-state index >= 15 is 0 Å². The first-order valence-electron chi connectivity index (χ1n) is 9.65. The SMILES string of the molecule is c1cc(-c2ccncc2)ccn1.c1ccc2c(c1)Cc1c-2ccc2cccnc12. The smallest absolute Gasteiger partial charge is 0.0743 e. The second kappa shape index (κ2) is 7.64. The summed E-state index contributed by atoms with van der Waals surface area (Å²) in [5.74, 6) is 0. The maximum Gasteiger partial charge on any atom is 0.0743 e. The van der Waals surface area contributed by atoms with Crippen LogP contribution < -0.4 is 0 Å². The van der Waals surface area contributed by atoms with E-state index in [-0.39, 0.29) is 0 Å². The fraction of sp³-hybridized carbons (Fsp3) is 0.0385. The van der Waals surface area contributed by atoms with Gasteiger partial charge in [-0.25, -0.2) is 0 Å². The minimum atomic E-state index is 1.01. The van der Waals surface area contributed by atoms with Crippen molar-refractivity contribution in [1.29, 1.82) is 0 Å². The molecule has 0 saturated carbocycles. The lowest BCUT2D eigenvalue weighted by Crippen LogP contribution is -1.86. The molecule has 0 unspecified atom stereocenters. The van der Waals surface area contributed by atoms with Gasteiger partial charge in [0.25, 0.3) is 0 Å². The van der Waals surface area contributed by atoms with Crippen molar-refractivity contribution >= 4 is 10.9 Å². The monoisotopic (exact) mass is 373 g/mol. The molecular formula is C26H19N3. The molecule has 0 aliphatic heterocycles. The molecule has 5 aromatic rings. The Morgan fingerprint density at radius 1 is 0.552 bits per heavy atom. The van der Waals surface area contributed by atoms with E-state index < -0.39 is 0 Å². The first-order valence-corrected chi connectivity index (χ1v) is 9.65. The van der Waals surface area contributed by atoms with E-state index in [0.717, 1.165) is 11.9 Å². The highest BCUT2D eigenvalue weighted by Crippen LogP contribution is 2.39. The molecule has 3 heteroatoms. The normalized spacial score (nSPS) is 11.3. The molecular weight excluding hydrogens is 354 g/mol. The summed E-state index contributed by atoms with van der Waals surface area (Å²) >= 11 is 0. The van der Waals surface area contributed by atoms with Gasteiger partial charge in [-0.15, -0.1) is 0 Å². The molecule has 0 bridgehead atoms. The van der Waals surface area contributed by atoms with Gasteiger partial charge in [0.05, 0.1) is 5.52 Å². The van der Waals surface area contributed by atoms with Crippen molar-refractivity contribution in [1.82, 2.24) is 15.0 Å². The van der Waals surface area contributed by atoms with E-state index in [1.54, 1.807) is 24.8 Å². The summed E-state index contributed by atoms with van der Waals surface area (Å²) in [6.45, 7) is 0. The maximum atomic E-state index is 4.54. The fourth-order valence-electron chi connectivity index (χ4n) is 3.85. The summed E-state index contributed by atoms with van der Waals surface area (Å²) < 4.78 is 0. The molecule has 0 N–H and O–H groups in total. The molecule has 138 valence electrons. The van der Waals surface area contributed by atoms with Gasteiger partial charge in [-0.05, 0) is 63.7 Å². The molecule has 3 aromatic heterocycles. The Morgan fingerprint density at radius 3 is 1.97 bits per heavy atom. The van der Waals surface area contributed by atoms with Crippen molar-refractivity contribution in [3.63, 3.8) is 0 Å². The molecule has 1 aliphatic carbocycles. The average molecular weight is 373 g/mol. The van der Waals surface area contributed by atoms with Crippen molar-refractivity contribution < 1.29 is 0 Å². The van der Waals surface area contributed by atoms with Gasteiger partial charge in [-0.1, -0.05) is 42.5 Å². The maximum absolute atomic E-state index is 4.54. The number of hydrogen-bond donors (Lipinski definition) is 0. The molecule has 0 atom stereocenters. The van der Waals surface area contributed by atoms with E-state index in [4.69, 9.17) is 0 Å². The van der Waals surface area contributed by atoms with Crippen molar-refractivity contribution in [3.05, 3.63) is 115 Å². The van der Waals surface area contributed by atoms with Crippen molar-refractivity contribution in [3.8, 4) is 22.3 Å². The van der Waals surface area contributed by atoms with Gasteiger partial charge in [0.15, 0.2) is 0 Å². The fourth-order valence-corrected chi connectivity index (χ4v) is 3.85. The second-order valence-electron chi connectivity index (χ2n) is 6.97. The van der Waals surface area contributed by atoms with Gasteiger partial charge in [0.2, 0.25) is 0 Å². The third kappa shape index (κ3) is 3.39. The van der Waals surface area contributed by atoms with Crippen LogP contribution in [-0.4, -0.2) is 15.0 Å². The molecule has 29 heavy (non-hydrogen) atoms. The predicted octanol–water partition coefficient (Wildman–Crippen LogP) is 5.95. The van der Waals surface area contributed by atoms with Crippen LogP contribution in [0.2, 0.25) is 0 Å². The van der Waals surface area contributed by atoms with Crippen molar-refractivity contribution in [2.24, 2.45) is 0 Å². The first-order chi connectivity index (χ1) is 14.4. The summed E-state index contributed by atoms with van der Waals surface area (Å²) in [5, 5.41) is 1.24. The molecule has 2 aromatic carbocycles. The van der Waals surface area contributed by atoms with E-state index in [1.807, 2.05) is 36.5 Å². The predicted molar refractivity (Wildman–Crippen MR) is 117 cm³/mol. The van der Waals surface area contributed by atoms with Crippen LogP contribution in [0.1, 0.15) is 11.1 Å². The van der Waals surface area contributed by atoms with E-state index in [0.29, 0.717) is 0 Å². The Morgan fingerprint density at radius 2 is 1.24 bits per heavy atom. The van der Waals surface area contributed by atoms with Crippen LogP contribution in [0.15, 0.2) is 104 Å². The number of nitrogens with zero attached hydrogens (tertiary/aromatic N) is 3. The molecule has 6 rings (SSSR count). The zero-order valence-electron chi connectivity index (χ0n) is 15.9. The van der Waals surface area contributed by atoms with Gasteiger partial charge in [0.1, 0.15) is 0 Å². The highest BCUT2D eigenvalue weighted by atomic mass is 14.7. The molecule has 3 heterocycles. The van der Waals surface area contributed by atoms with E-state index in [9.17, 15) is 0 Å². The standard InChI is InChI=1S/C16H11N.C10H8N2/c1-2-6-13-12(4-1)10-15-14(13)8-7-11-5-3-9-17-16(11)15;1-5-11-6-2-9(1)10-3-7-12-8-4-10/h1-9H,10H2;1-8H. The van der Waals surface area contributed by atoms with Crippen molar-refractivity contribution in [2.75, 3.05) is 0 Å². The topological polar surface area (TPSA) is 38.7 Å². The van der Waals surface area contributed by atoms with Gasteiger partial charge in [0, 0.05) is 42.8 Å². The Balaban J connectivity index is 0.000000134. The van der Waals surface area contributed by atoms with Crippen LogP contribution >= 0.6 is 0 Å². The van der Waals surface area contributed by atoms with Gasteiger partial charge >= 0.3 is 0 Å². The molecule has 0 fully saturated rings. The quantitative estimate of drug-likeness (QED) is 0.357. The minimum Gasteiger partial charge on any atom is -0.265 e. The summed E-state index contributed by atoms with van der Waals surface area (Å²) in [6, 6.07) is 25.1. The lowest BCUT2D eigenvalue weighted by atomic mass is 10.0. The zero-order valence-corrected chi connectivity index (χ0v) is 15.9. The lowest BCUT2D eigenvalue weighted by Gasteiger charge is -2.04. The Hall–Kier alpha value is -3.85. The van der Waals surface area contributed by atoms with Crippen LogP contribution in [-0.2, 0) is 6.42 Å². The lowest BCUT2D eigenvalue weighted by molar-refractivity contribution is 1.26. The highest BCUT2D eigenvalue weighted by molar-refractivity contribution is 5.92. The third-order valence-electron chi connectivity index (χ3n) is 5.25. The number of pyridine rings is 3. The van der Waals surface area contributed by atoms with Crippen molar-refractivity contribution in [2.45, 2.75) is 6.42 Å². The van der Waals surface area contributed by atoms with Crippen LogP contribution in [0, 0.1) is 0 Å². The number of rotatable bonds is 1. The van der Waals surface area contributed by atoms with E-state index in [1.165, 1.54) is 38.8 Å². The van der Waals surface area contributed by atoms with Gasteiger partial charge in [-0.3, -0.25) is 15.0 Å². The summed E-state index contributed by atoms with van der Waals surface area (Å²) in [6.07, 6.45) is 10.0. The van der Waals surface area contributed by atoms with Gasteiger partial charge in [-0.2, -0.15) is 0 Å². The molecule has 0 spiro atoms. The van der Waals surface area contributed by atoms with E-state index in [2.05, 4.69) is 57.4 Å².